The van der Waals surface area contributed by atoms with Crippen molar-refractivity contribution < 1.29 is 18.0 Å². The normalized spacial score (nSPS) is 11.1. The lowest BCUT2D eigenvalue weighted by molar-refractivity contribution is -0.117. The molecule has 0 aliphatic rings. The number of amides is 1. The molecule has 0 aliphatic carbocycles. The summed E-state index contributed by atoms with van der Waals surface area (Å²) in [7, 11) is 0. The lowest BCUT2D eigenvalue weighted by Crippen LogP contribution is -2.19. The van der Waals surface area contributed by atoms with Crippen molar-refractivity contribution in [1.82, 2.24) is 34.8 Å². The molecule has 1 amide bonds. The average molecular weight is 374 g/mol. The van der Waals surface area contributed by atoms with E-state index >= 15 is 0 Å². The first-order valence-corrected chi connectivity index (χ1v) is 7.51. The van der Waals surface area contributed by atoms with Gasteiger partial charge >= 0.3 is 0 Å². The molecule has 0 unspecified atom stereocenters. The van der Waals surface area contributed by atoms with E-state index in [9.17, 15) is 18.0 Å². The van der Waals surface area contributed by atoms with Gasteiger partial charge in [0.15, 0.2) is 5.65 Å². The molecule has 136 valence electrons. The van der Waals surface area contributed by atoms with Gasteiger partial charge in [0, 0.05) is 23.9 Å². The second-order valence-electron chi connectivity index (χ2n) is 5.46. The highest BCUT2D eigenvalue weighted by Gasteiger charge is 2.15. The fourth-order valence-electron chi connectivity index (χ4n) is 2.47. The van der Waals surface area contributed by atoms with Gasteiger partial charge in [-0.25, -0.2) is 22.4 Å². The van der Waals surface area contributed by atoms with Crippen LogP contribution in [0.3, 0.4) is 0 Å². The molecule has 27 heavy (non-hydrogen) atoms. The van der Waals surface area contributed by atoms with Crippen LogP contribution >= 0.6 is 0 Å². The van der Waals surface area contributed by atoms with Gasteiger partial charge in [0.2, 0.25) is 11.9 Å². The van der Waals surface area contributed by atoms with E-state index in [0.717, 1.165) is 0 Å². The SMILES string of the molecule is O=C(Cn1cnnn1)Nc1nc2ccc(-c3c(F)cc(F)cc3F)cn2n1. The van der Waals surface area contributed by atoms with E-state index in [1.807, 2.05) is 0 Å². The molecule has 3 heterocycles. The number of carbonyl (C=O) groups excluding carboxylic acids is 1. The van der Waals surface area contributed by atoms with Crippen molar-refractivity contribution in [1.29, 1.82) is 0 Å². The standard InChI is InChI=1S/C15H9F3N8O/c16-9-3-10(17)14(11(18)4-9)8-1-2-12-20-15(22-26(12)5-8)21-13(27)6-25-7-19-23-24-25/h1-5,7H,6H2,(H,21,22,27). The Morgan fingerprint density at radius 1 is 1.15 bits per heavy atom. The minimum atomic E-state index is -1.04. The van der Waals surface area contributed by atoms with E-state index in [1.165, 1.54) is 33.9 Å². The first-order chi connectivity index (χ1) is 13.0. The number of halogens is 3. The Balaban J connectivity index is 1.62. The van der Waals surface area contributed by atoms with Crippen LogP contribution in [0.25, 0.3) is 16.8 Å². The maximum absolute atomic E-state index is 14.0. The van der Waals surface area contributed by atoms with E-state index in [2.05, 4.69) is 30.9 Å². The summed E-state index contributed by atoms with van der Waals surface area (Å²) in [5.74, 6) is -3.56. The van der Waals surface area contributed by atoms with Crippen LogP contribution in [0.1, 0.15) is 0 Å². The zero-order valence-electron chi connectivity index (χ0n) is 13.3. The van der Waals surface area contributed by atoms with E-state index in [1.54, 1.807) is 0 Å². The van der Waals surface area contributed by atoms with Crippen LogP contribution in [-0.2, 0) is 11.3 Å². The van der Waals surface area contributed by atoms with E-state index in [4.69, 9.17) is 0 Å². The molecule has 0 aliphatic heterocycles. The first-order valence-electron chi connectivity index (χ1n) is 7.51. The molecule has 0 spiro atoms. The number of aromatic nitrogens is 7. The van der Waals surface area contributed by atoms with E-state index in [0.29, 0.717) is 17.8 Å². The average Bonchev–Trinajstić information content (AvgIpc) is 3.22. The fourth-order valence-corrected chi connectivity index (χ4v) is 2.47. The first kappa shape index (κ1) is 16.6. The van der Waals surface area contributed by atoms with Gasteiger partial charge in [-0.15, -0.1) is 10.2 Å². The molecule has 0 saturated carbocycles. The van der Waals surface area contributed by atoms with Crippen molar-refractivity contribution in [3.8, 4) is 11.1 Å². The molecule has 1 aromatic carbocycles. The maximum atomic E-state index is 14.0. The smallest absolute Gasteiger partial charge is 0.249 e. The van der Waals surface area contributed by atoms with Crippen LogP contribution in [0.4, 0.5) is 19.1 Å². The Hall–Kier alpha value is -3.83. The van der Waals surface area contributed by atoms with Crippen LogP contribution in [0.5, 0.6) is 0 Å². The Morgan fingerprint density at radius 2 is 1.93 bits per heavy atom. The van der Waals surface area contributed by atoms with Gasteiger partial charge in [-0.2, -0.15) is 4.98 Å². The number of nitrogens with zero attached hydrogens (tertiary/aromatic N) is 7. The minimum Gasteiger partial charge on any atom is -0.292 e. The van der Waals surface area contributed by atoms with Gasteiger partial charge < -0.3 is 0 Å². The molecule has 0 fully saturated rings. The van der Waals surface area contributed by atoms with Gasteiger partial charge in [0.05, 0.1) is 5.56 Å². The lowest BCUT2D eigenvalue weighted by Gasteiger charge is -2.05. The number of tetrazole rings is 1. The third-order valence-electron chi connectivity index (χ3n) is 3.57. The highest BCUT2D eigenvalue weighted by atomic mass is 19.1. The maximum Gasteiger partial charge on any atom is 0.249 e. The van der Waals surface area contributed by atoms with Crippen LogP contribution in [-0.4, -0.2) is 40.7 Å². The van der Waals surface area contributed by atoms with Crippen molar-refractivity contribution in [2.45, 2.75) is 6.54 Å². The summed E-state index contributed by atoms with van der Waals surface area (Å²) in [6.07, 6.45) is 2.59. The summed E-state index contributed by atoms with van der Waals surface area (Å²) in [6, 6.07) is 4.06. The van der Waals surface area contributed by atoms with Gasteiger partial charge in [-0.05, 0) is 22.6 Å². The summed E-state index contributed by atoms with van der Waals surface area (Å²) in [5, 5.41) is 16.9. The number of rotatable bonds is 4. The van der Waals surface area contributed by atoms with Gasteiger partial charge in [-0.1, -0.05) is 0 Å². The predicted molar refractivity (Wildman–Crippen MR) is 84.7 cm³/mol. The number of anilines is 1. The monoisotopic (exact) mass is 374 g/mol. The van der Waals surface area contributed by atoms with E-state index in [-0.39, 0.29) is 18.1 Å². The van der Waals surface area contributed by atoms with Crippen molar-refractivity contribution in [2.75, 3.05) is 5.32 Å². The largest absolute Gasteiger partial charge is 0.292 e. The number of pyridine rings is 1. The summed E-state index contributed by atoms with van der Waals surface area (Å²) in [4.78, 5) is 16.0. The Morgan fingerprint density at radius 3 is 2.63 bits per heavy atom. The lowest BCUT2D eigenvalue weighted by atomic mass is 10.1. The molecule has 0 saturated heterocycles. The highest BCUT2D eigenvalue weighted by molar-refractivity contribution is 5.88. The molecule has 0 radical (unpaired) electrons. The van der Waals surface area contributed by atoms with Crippen LogP contribution in [0.15, 0.2) is 36.8 Å². The van der Waals surface area contributed by atoms with Gasteiger partial charge in [-0.3, -0.25) is 10.1 Å². The van der Waals surface area contributed by atoms with Crippen LogP contribution < -0.4 is 5.32 Å². The summed E-state index contributed by atoms with van der Waals surface area (Å²) >= 11 is 0. The number of hydrogen-bond donors (Lipinski definition) is 1. The molecular weight excluding hydrogens is 365 g/mol. The minimum absolute atomic E-state index is 0.00901. The van der Waals surface area contributed by atoms with Gasteiger partial charge in [0.25, 0.3) is 0 Å². The summed E-state index contributed by atoms with van der Waals surface area (Å²) in [6.45, 7) is -0.139. The molecule has 1 N–H and O–H groups in total. The molecule has 0 atom stereocenters. The summed E-state index contributed by atoms with van der Waals surface area (Å²) < 4.78 is 43.4. The Bertz CT molecular complexity index is 1120. The fraction of sp³-hybridized carbons (Fsp3) is 0.0667. The zero-order chi connectivity index (χ0) is 19.0. The third-order valence-corrected chi connectivity index (χ3v) is 3.57. The Labute approximate surface area is 148 Å². The summed E-state index contributed by atoms with van der Waals surface area (Å²) in [5.41, 5.74) is 0.0754. The predicted octanol–water partition coefficient (Wildman–Crippen LogP) is 1.44. The molecule has 4 rings (SSSR count). The molecular formula is C15H9F3N8O. The van der Waals surface area contributed by atoms with Gasteiger partial charge in [0.1, 0.15) is 30.3 Å². The number of nitrogens with one attached hydrogen (secondary N) is 1. The van der Waals surface area contributed by atoms with Crippen molar-refractivity contribution in [3.63, 3.8) is 0 Å². The molecule has 12 heteroatoms. The zero-order valence-corrected chi connectivity index (χ0v) is 13.3. The topological polar surface area (TPSA) is 103 Å². The Kier molecular flexibility index (Phi) is 3.99. The van der Waals surface area contributed by atoms with Crippen molar-refractivity contribution in [2.24, 2.45) is 0 Å². The third kappa shape index (κ3) is 3.31. The quantitative estimate of drug-likeness (QED) is 0.580. The van der Waals surface area contributed by atoms with Crippen molar-refractivity contribution >= 4 is 17.5 Å². The van der Waals surface area contributed by atoms with E-state index < -0.39 is 28.9 Å². The highest BCUT2D eigenvalue weighted by Crippen LogP contribution is 2.27. The number of carbonyl (C=O) groups is 1. The molecule has 4 aromatic rings. The number of fused-ring (bicyclic) bond motifs is 1. The van der Waals surface area contributed by atoms with Crippen LogP contribution in [0.2, 0.25) is 0 Å². The molecule has 3 aromatic heterocycles. The second-order valence-corrected chi connectivity index (χ2v) is 5.46. The van der Waals surface area contributed by atoms with Crippen molar-refractivity contribution in [3.05, 3.63) is 54.2 Å². The van der Waals surface area contributed by atoms with Crippen LogP contribution in [0, 0.1) is 17.5 Å². The number of benzene rings is 1. The molecule has 0 bridgehead atoms. The second kappa shape index (κ2) is 6.48. The molecule has 9 nitrogen and oxygen atoms in total. The number of hydrogen-bond acceptors (Lipinski definition) is 6.